The number of ether oxygens (including phenoxy) is 2. The van der Waals surface area contributed by atoms with Gasteiger partial charge in [-0.3, -0.25) is 14.9 Å². The highest BCUT2D eigenvalue weighted by Gasteiger charge is 2.28. The van der Waals surface area contributed by atoms with Crippen LogP contribution in [0.15, 0.2) is 36.4 Å². The van der Waals surface area contributed by atoms with Crippen LogP contribution in [0.5, 0.6) is 11.5 Å². The summed E-state index contributed by atoms with van der Waals surface area (Å²) in [6.45, 7) is 2.07. The van der Waals surface area contributed by atoms with Crippen LogP contribution < -0.4 is 14.4 Å². The van der Waals surface area contributed by atoms with Gasteiger partial charge in [0.15, 0.2) is 5.13 Å². The maximum atomic E-state index is 12.8. The number of nitro benzene ring substituents is 1. The van der Waals surface area contributed by atoms with Crippen molar-refractivity contribution in [2.45, 2.75) is 0 Å². The molecule has 0 radical (unpaired) electrons. The molecule has 2 heterocycles. The van der Waals surface area contributed by atoms with Gasteiger partial charge in [0.05, 0.1) is 19.1 Å². The summed E-state index contributed by atoms with van der Waals surface area (Å²) in [5.41, 5.74) is 0.691. The number of aromatic nitrogens is 1. The third-order valence-electron chi connectivity index (χ3n) is 5.07. The first-order valence-electron chi connectivity index (χ1n) is 9.32. The Morgan fingerprint density at radius 3 is 2.40 bits per heavy atom. The quantitative estimate of drug-likeness (QED) is 0.455. The van der Waals surface area contributed by atoms with Crippen molar-refractivity contribution in [3.63, 3.8) is 0 Å². The van der Waals surface area contributed by atoms with Crippen molar-refractivity contribution in [1.29, 1.82) is 0 Å². The topological polar surface area (TPSA) is 98.0 Å². The van der Waals surface area contributed by atoms with E-state index in [1.165, 1.54) is 23.5 Å². The number of hydrogen-bond donors (Lipinski definition) is 0. The van der Waals surface area contributed by atoms with Crippen LogP contribution in [-0.2, 0) is 0 Å². The molecule has 3 aromatic rings. The number of thiazole rings is 1. The molecule has 0 atom stereocenters. The lowest BCUT2D eigenvalue weighted by molar-refractivity contribution is -0.385. The van der Waals surface area contributed by atoms with E-state index in [0.717, 1.165) is 21.1 Å². The average Bonchev–Trinajstić information content (AvgIpc) is 3.23. The Hall–Kier alpha value is -3.40. The molecule has 1 fully saturated rings. The molecule has 2 aromatic carbocycles. The second-order valence-corrected chi connectivity index (χ2v) is 7.68. The van der Waals surface area contributed by atoms with E-state index in [2.05, 4.69) is 4.90 Å². The number of nitrogens with zero attached hydrogens (tertiary/aromatic N) is 4. The van der Waals surface area contributed by atoms with Crippen molar-refractivity contribution < 1.29 is 19.2 Å². The van der Waals surface area contributed by atoms with Gasteiger partial charge in [-0.1, -0.05) is 23.5 Å². The fraction of sp³-hybridized carbons (Fsp3) is 0.300. The van der Waals surface area contributed by atoms with Crippen LogP contribution in [0.1, 0.15) is 10.4 Å². The normalized spacial score (nSPS) is 14.1. The highest BCUT2D eigenvalue weighted by Crippen LogP contribution is 2.40. The molecule has 0 spiro atoms. The Morgan fingerprint density at radius 1 is 1.07 bits per heavy atom. The maximum absolute atomic E-state index is 12.8. The van der Waals surface area contributed by atoms with Crippen LogP contribution in [0.2, 0.25) is 0 Å². The highest BCUT2D eigenvalue weighted by atomic mass is 32.1. The molecular weight excluding hydrogens is 408 g/mol. The van der Waals surface area contributed by atoms with Gasteiger partial charge >= 0.3 is 0 Å². The molecule has 0 N–H and O–H groups in total. The van der Waals surface area contributed by atoms with Crippen LogP contribution in [0.4, 0.5) is 10.8 Å². The number of anilines is 1. The highest BCUT2D eigenvalue weighted by molar-refractivity contribution is 7.22. The number of rotatable bonds is 5. The van der Waals surface area contributed by atoms with Crippen LogP contribution in [0.3, 0.4) is 0 Å². The lowest BCUT2D eigenvalue weighted by Gasteiger charge is -2.34. The van der Waals surface area contributed by atoms with Crippen molar-refractivity contribution in [1.82, 2.24) is 9.88 Å². The molecule has 156 valence electrons. The van der Waals surface area contributed by atoms with Gasteiger partial charge < -0.3 is 19.3 Å². The van der Waals surface area contributed by atoms with E-state index < -0.39 is 4.92 Å². The molecule has 10 heteroatoms. The molecule has 0 bridgehead atoms. The molecule has 30 heavy (non-hydrogen) atoms. The van der Waals surface area contributed by atoms with Crippen molar-refractivity contribution in [3.05, 3.63) is 52.1 Å². The summed E-state index contributed by atoms with van der Waals surface area (Å²) in [6, 6.07) is 9.73. The van der Waals surface area contributed by atoms with Gasteiger partial charge in [-0.15, -0.1) is 0 Å². The number of benzene rings is 2. The molecule has 0 aliphatic carbocycles. The van der Waals surface area contributed by atoms with E-state index in [9.17, 15) is 14.9 Å². The lowest BCUT2D eigenvalue weighted by atomic mass is 10.1. The number of amides is 1. The fourth-order valence-electron chi connectivity index (χ4n) is 3.49. The van der Waals surface area contributed by atoms with Crippen LogP contribution in [-0.4, -0.2) is 61.1 Å². The molecular formula is C20H20N4O5S. The van der Waals surface area contributed by atoms with Gasteiger partial charge in [0.2, 0.25) is 0 Å². The molecule has 4 rings (SSSR count). The number of fused-ring (bicyclic) bond motifs is 1. The van der Waals surface area contributed by atoms with Crippen molar-refractivity contribution in [2.75, 3.05) is 45.3 Å². The van der Waals surface area contributed by atoms with E-state index in [1.54, 1.807) is 31.3 Å². The number of carbonyl (C=O) groups is 1. The summed E-state index contributed by atoms with van der Waals surface area (Å²) in [5, 5.41) is 12.1. The van der Waals surface area contributed by atoms with E-state index >= 15 is 0 Å². The average molecular weight is 428 g/mol. The van der Waals surface area contributed by atoms with Crippen molar-refractivity contribution in [2.24, 2.45) is 0 Å². The standard InChI is InChI=1S/C20H20N4O5S/c1-28-15-7-8-16(29-2)18-17(15)21-20(30-18)23-11-9-22(10-12-23)19(25)13-5-3-4-6-14(13)24(26)27/h3-8H,9-12H2,1-2H3. The minimum Gasteiger partial charge on any atom is -0.495 e. The number of para-hydroxylation sites is 1. The predicted molar refractivity (Wildman–Crippen MR) is 114 cm³/mol. The SMILES string of the molecule is COc1ccc(OC)c2sc(N3CCN(C(=O)c4ccccc4[N+](=O)[O-])CC3)nc12. The van der Waals surface area contributed by atoms with E-state index in [1.807, 2.05) is 12.1 Å². The maximum Gasteiger partial charge on any atom is 0.282 e. The summed E-state index contributed by atoms with van der Waals surface area (Å²) < 4.78 is 11.8. The van der Waals surface area contributed by atoms with Gasteiger partial charge in [0.1, 0.15) is 27.3 Å². The first-order valence-corrected chi connectivity index (χ1v) is 10.1. The van der Waals surface area contributed by atoms with Crippen LogP contribution >= 0.6 is 11.3 Å². The predicted octanol–water partition coefficient (Wildman–Crippen LogP) is 3.18. The first kappa shape index (κ1) is 19.9. The minimum absolute atomic E-state index is 0.116. The first-order chi connectivity index (χ1) is 14.5. The van der Waals surface area contributed by atoms with Crippen LogP contribution in [0, 0.1) is 10.1 Å². The Morgan fingerprint density at radius 2 is 1.73 bits per heavy atom. The molecule has 1 aliphatic heterocycles. The number of methoxy groups -OCH3 is 2. The zero-order chi connectivity index (χ0) is 21.3. The zero-order valence-corrected chi connectivity index (χ0v) is 17.3. The molecule has 0 unspecified atom stereocenters. The summed E-state index contributed by atoms with van der Waals surface area (Å²) in [6.07, 6.45) is 0. The molecule has 1 amide bonds. The number of piperazine rings is 1. The lowest BCUT2D eigenvalue weighted by Crippen LogP contribution is -2.48. The van der Waals surface area contributed by atoms with Gasteiger partial charge in [0, 0.05) is 32.2 Å². The number of carbonyl (C=O) groups excluding carboxylic acids is 1. The van der Waals surface area contributed by atoms with E-state index in [0.29, 0.717) is 31.9 Å². The summed E-state index contributed by atoms with van der Waals surface area (Å²) >= 11 is 1.51. The monoisotopic (exact) mass is 428 g/mol. The third kappa shape index (κ3) is 3.50. The minimum atomic E-state index is -0.522. The van der Waals surface area contributed by atoms with Gasteiger partial charge in [-0.25, -0.2) is 4.98 Å². The number of hydrogen-bond acceptors (Lipinski definition) is 8. The molecule has 0 saturated carbocycles. The largest absolute Gasteiger partial charge is 0.495 e. The van der Waals surface area contributed by atoms with Crippen molar-refractivity contribution >= 4 is 38.3 Å². The Labute approximate surface area is 176 Å². The molecule has 1 aromatic heterocycles. The Balaban J connectivity index is 1.53. The van der Waals surface area contributed by atoms with Gasteiger partial charge in [-0.2, -0.15) is 0 Å². The smallest absolute Gasteiger partial charge is 0.282 e. The Kier molecular flexibility index (Phi) is 5.40. The molecule has 1 saturated heterocycles. The summed E-state index contributed by atoms with van der Waals surface area (Å²) in [5.74, 6) is 1.09. The second-order valence-electron chi connectivity index (χ2n) is 6.70. The Bertz CT molecular complexity index is 1070. The summed E-state index contributed by atoms with van der Waals surface area (Å²) in [7, 11) is 3.22. The van der Waals surface area contributed by atoms with E-state index in [-0.39, 0.29) is 17.2 Å². The van der Waals surface area contributed by atoms with Crippen LogP contribution in [0.25, 0.3) is 10.2 Å². The molecule has 9 nitrogen and oxygen atoms in total. The van der Waals surface area contributed by atoms with E-state index in [4.69, 9.17) is 14.5 Å². The zero-order valence-electron chi connectivity index (χ0n) is 16.5. The molecule has 1 aliphatic rings. The third-order valence-corrected chi connectivity index (χ3v) is 6.20. The second kappa shape index (κ2) is 8.15. The van der Waals surface area contributed by atoms with Crippen molar-refractivity contribution in [3.8, 4) is 11.5 Å². The van der Waals surface area contributed by atoms with Gasteiger partial charge in [-0.05, 0) is 18.2 Å². The van der Waals surface area contributed by atoms with Gasteiger partial charge in [0.25, 0.3) is 11.6 Å². The number of nitro groups is 1. The summed E-state index contributed by atoms with van der Waals surface area (Å²) in [4.78, 5) is 32.0. The fourth-order valence-corrected chi connectivity index (χ4v) is 4.62.